The van der Waals surface area contributed by atoms with Gasteiger partial charge < -0.3 is 11.0 Å². The van der Waals surface area contributed by atoms with E-state index >= 15 is 0 Å². The van der Waals surface area contributed by atoms with Crippen LogP contribution in [0.3, 0.4) is 0 Å². The Morgan fingerprint density at radius 2 is 1.08 bits per heavy atom. The van der Waals surface area contributed by atoms with Crippen molar-refractivity contribution in [2.45, 2.75) is 10.8 Å². The fourth-order valence-electron chi connectivity index (χ4n) is 0.161. The Hall–Kier alpha value is -0.110. The van der Waals surface area contributed by atoms with Gasteiger partial charge >= 0.3 is 16.5 Å². The van der Waals surface area contributed by atoms with E-state index in [1.165, 1.54) is 0 Å². The molecule has 0 radical (unpaired) electrons. The summed E-state index contributed by atoms with van der Waals surface area (Å²) in [5.41, 5.74) is 0. The highest BCUT2D eigenvalue weighted by Gasteiger charge is 2.51. The minimum atomic E-state index is -4.61. The summed E-state index contributed by atoms with van der Waals surface area (Å²) < 4.78 is 45.9. The fourth-order valence-corrected chi connectivity index (χ4v) is 0.446. The van der Waals surface area contributed by atoms with Crippen molar-refractivity contribution in [3.8, 4) is 0 Å². The quantitative estimate of drug-likeness (QED) is 0.508. The van der Waals surface area contributed by atoms with Crippen LogP contribution in [0.25, 0.3) is 0 Å². The van der Waals surface area contributed by atoms with Crippen LogP contribution in [0, 0.1) is 0 Å². The second-order valence-corrected chi connectivity index (χ2v) is 2.27. The molecular formula is C3H4Cl2F4O3. The minimum absolute atomic E-state index is 0. The molecule has 0 aromatic rings. The van der Waals surface area contributed by atoms with Gasteiger partial charge in [-0.25, -0.2) is 0 Å². The summed E-state index contributed by atoms with van der Waals surface area (Å²) in [6.07, 6.45) is 0. The van der Waals surface area contributed by atoms with Crippen molar-refractivity contribution in [2.75, 3.05) is 0 Å². The highest BCUT2D eigenvalue weighted by Crippen LogP contribution is 2.32. The van der Waals surface area contributed by atoms with Crippen LogP contribution < -0.4 is 0 Å². The zero-order valence-corrected chi connectivity index (χ0v) is 6.69. The Kier molecular flexibility index (Phi) is 7.14. The van der Waals surface area contributed by atoms with Crippen LogP contribution in [0.1, 0.15) is 0 Å². The van der Waals surface area contributed by atoms with Crippen molar-refractivity contribution in [1.82, 2.24) is 0 Å². The van der Waals surface area contributed by atoms with E-state index in [1.54, 1.807) is 0 Å². The maximum atomic E-state index is 11.5. The predicted octanol–water partition coefficient (Wildman–Crippen LogP) is 0.569. The first-order valence-corrected chi connectivity index (χ1v) is 2.59. The molecule has 0 rings (SSSR count). The van der Waals surface area contributed by atoms with Gasteiger partial charge in [0.1, 0.15) is 0 Å². The average molecular weight is 235 g/mol. The van der Waals surface area contributed by atoms with Gasteiger partial charge in [0.15, 0.2) is 0 Å². The fraction of sp³-hybridized carbons (Fsp3) is 0.667. The summed E-state index contributed by atoms with van der Waals surface area (Å²) in [6.45, 7) is 0. The van der Waals surface area contributed by atoms with Crippen molar-refractivity contribution in [3.05, 3.63) is 0 Å². The number of rotatable bonds is 2. The molecule has 9 heteroatoms. The molecule has 0 fully saturated rings. The molecule has 0 aromatic carbocycles. The van der Waals surface area contributed by atoms with Crippen molar-refractivity contribution in [3.63, 3.8) is 0 Å². The van der Waals surface area contributed by atoms with Gasteiger partial charge in [-0.05, 0) is 23.2 Å². The molecule has 4 N–H and O–H groups in total. The maximum absolute atomic E-state index is 11.5. The van der Waals surface area contributed by atoms with Crippen LogP contribution >= 0.6 is 23.2 Å². The Balaban J connectivity index is -0.000000405. The zero-order chi connectivity index (χ0) is 8.58. The Labute approximate surface area is 73.9 Å². The number of carbonyl (C=O) groups excluding carboxylic acids is 1. The second kappa shape index (κ2) is 4.80. The first-order chi connectivity index (χ1) is 4.15. The lowest BCUT2D eigenvalue weighted by atomic mass is 10.4. The number of Topliss-reactive ketones (excluding diaryl/α,β-unsaturated/α-hetero) is 1. The summed E-state index contributed by atoms with van der Waals surface area (Å²) in [6, 6.07) is 0. The van der Waals surface area contributed by atoms with Gasteiger partial charge in [-0.1, -0.05) is 0 Å². The SMILES string of the molecule is O.O.O=C(C(F)(F)Cl)C(F)(F)Cl. The van der Waals surface area contributed by atoms with Crippen molar-refractivity contribution >= 4 is 29.0 Å². The minimum Gasteiger partial charge on any atom is -0.412 e. The van der Waals surface area contributed by atoms with Crippen molar-refractivity contribution in [1.29, 1.82) is 0 Å². The van der Waals surface area contributed by atoms with Crippen LogP contribution in [0.4, 0.5) is 17.6 Å². The number of hydrogen-bond acceptors (Lipinski definition) is 1. The molecular weight excluding hydrogens is 231 g/mol. The molecule has 0 aliphatic rings. The summed E-state index contributed by atoms with van der Waals surface area (Å²) in [5, 5.41) is -9.21. The molecule has 0 atom stereocenters. The van der Waals surface area contributed by atoms with E-state index in [0.29, 0.717) is 0 Å². The van der Waals surface area contributed by atoms with Crippen LogP contribution in [-0.2, 0) is 4.79 Å². The predicted molar refractivity (Wildman–Crippen MR) is 33.8 cm³/mol. The van der Waals surface area contributed by atoms with Gasteiger partial charge in [0.05, 0.1) is 0 Å². The number of hydrogen-bond donors (Lipinski definition) is 0. The molecule has 0 bridgehead atoms. The number of ketones is 1. The van der Waals surface area contributed by atoms with E-state index in [2.05, 4.69) is 23.2 Å². The molecule has 0 heterocycles. The topological polar surface area (TPSA) is 80.1 Å². The van der Waals surface area contributed by atoms with E-state index in [-0.39, 0.29) is 11.0 Å². The lowest BCUT2D eigenvalue weighted by Crippen LogP contribution is -2.34. The third-order valence-corrected chi connectivity index (χ3v) is 0.858. The average Bonchev–Trinajstić information content (AvgIpc) is 1.59. The molecule has 3 nitrogen and oxygen atoms in total. The van der Waals surface area contributed by atoms with E-state index in [1.807, 2.05) is 0 Å². The van der Waals surface area contributed by atoms with Crippen LogP contribution in [0.5, 0.6) is 0 Å². The summed E-state index contributed by atoms with van der Waals surface area (Å²) in [5.74, 6) is -2.82. The molecule has 76 valence electrons. The van der Waals surface area contributed by atoms with Crippen LogP contribution in [0.15, 0.2) is 0 Å². The standard InChI is InChI=1S/C3Cl2F4O.2H2O/c4-2(6,7)1(10)3(5,8)9;;/h;2*1H2. The van der Waals surface area contributed by atoms with Gasteiger partial charge in [0.25, 0.3) is 0 Å². The van der Waals surface area contributed by atoms with Crippen LogP contribution in [-0.4, -0.2) is 27.5 Å². The van der Waals surface area contributed by atoms with E-state index in [0.717, 1.165) is 0 Å². The molecule has 0 amide bonds. The normalized spacial score (nSPS) is 11.2. The van der Waals surface area contributed by atoms with E-state index in [4.69, 9.17) is 0 Å². The molecule has 0 aromatic heterocycles. The third kappa shape index (κ3) is 5.53. The van der Waals surface area contributed by atoms with Gasteiger partial charge in [-0.3, -0.25) is 4.79 Å². The Bertz CT molecular complexity index is 135. The highest BCUT2D eigenvalue weighted by molar-refractivity contribution is 6.41. The van der Waals surface area contributed by atoms with Gasteiger partial charge in [0.2, 0.25) is 0 Å². The third-order valence-electron chi connectivity index (χ3n) is 0.515. The maximum Gasteiger partial charge on any atom is 0.387 e. The van der Waals surface area contributed by atoms with Crippen molar-refractivity contribution in [2.24, 2.45) is 0 Å². The summed E-state index contributed by atoms with van der Waals surface area (Å²) in [4.78, 5) is 9.72. The van der Waals surface area contributed by atoms with E-state index in [9.17, 15) is 22.4 Å². The summed E-state index contributed by atoms with van der Waals surface area (Å²) in [7, 11) is 0. The van der Waals surface area contributed by atoms with Gasteiger partial charge in [0, 0.05) is 0 Å². The number of alkyl halides is 6. The summed E-state index contributed by atoms with van der Waals surface area (Å²) >= 11 is 7.84. The molecule has 0 saturated heterocycles. The monoisotopic (exact) mass is 234 g/mol. The Morgan fingerprint density at radius 3 is 1.08 bits per heavy atom. The van der Waals surface area contributed by atoms with Gasteiger partial charge in [-0.2, -0.15) is 17.6 Å². The molecule has 0 unspecified atom stereocenters. The number of carbonyl (C=O) groups is 1. The van der Waals surface area contributed by atoms with Gasteiger partial charge in [-0.15, -0.1) is 0 Å². The first kappa shape index (κ1) is 17.8. The highest BCUT2D eigenvalue weighted by atomic mass is 35.5. The molecule has 0 aliphatic carbocycles. The molecule has 0 saturated carbocycles. The van der Waals surface area contributed by atoms with Crippen LogP contribution in [0.2, 0.25) is 0 Å². The lowest BCUT2D eigenvalue weighted by Gasteiger charge is -2.09. The first-order valence-electron chi connectivity index (χ1n) is 1.84. The molecule has 0 aliphatic heterocycles. The largest absolute Gasteiger partial charge is 0.412 e. The number of halogens is 6. The smallest absolute Gasteiger partial charge is 0.387 e. The van der Waals surface area contributed by atoms with E-state index < -0.39 is 16.5 Å². The lowest BCUT2D eigenvalue weighted by molar-refractivity contribution is -0.148. The van der Waals surface area contributed by atoms with Crippen molar-refractivity contribution < 1.29 is 33.3 Å². The second-order valence-electron chi connectivity index (χ2n) is 1.32. The Morgan fingerprint density at radius 1 is 0.917 bits per heavy atom. The molecule has 12 heavy (non-hydrogen) atoms. The molecule has 0 spiro atoms. The zero-order valence-electron chi connectivity index (χ0n) is 5.18.